The molecule has 0 atom stereocenters. The molecule has 0 radical (unpaired) electrons. The average molecular weight is 211 g/mol. The Labute approximate surface area is 96.4 Å². The van der Waals surface area contributed by atoms with Crippen LogP contribution in [0.4, 0.5) is 0 Å². The zero-order valence-electron chi connectivity index (χ0n) is 10.2. The first kappa shape index (κ1) is 9.71. The van der Waals surface area contributed by atoms with Crippen LogP contribution in [0.3, 0.4) is 0 Å². The van der Waals surface area contributed by atoms with Crippen LogP contribution < -0.4 is 0 Å². The third-order valence-electron chi connectivity index (χ3n) is 3.67. The lowest BCUT2D eigenvalue weighted by molar-refractivity contribution is 0.805. The number of hydrogen-bond donors (Lipinski definition) is 0. The molecule has 0 saturated carbocycles. The van der Waals surface area contributed by atoms with Crippen molar-refractivity contribution in [1.29, 1.82) is 0 Å². The highest BCUT2D eigenvalue weighted by Crippen LogP contribution is 2.33. The summed E-state index contributed by atoms with van der Waals surface area (Å²) in [5.74, 6) is 0. The number of rotatable bonds is 0. The van der Waals surface area contributed by atoms with Gasteiger partial charge in [-0.25, -0.2) is 0 Å². The normalized spacial score (nSPS) is 15.1. The molecule has 2 aromatic rings. The molecule has 1 nitrogen and oxygen atoms in total. The maximum Gasteiger partial charge on any atom is 0.0486 e. The van der Waals surface area contributed by atoms with E-state index >= 15 is 0 Å². The quantitative estimate of drug-likeness (QED) is 0.624. The summed E-state index contributed by atoms with van der Waals surface area (Å²) in [6, 6.07) is 6.75. The van der Waals surface area contributed by atoms with Gasteiger partial charge in [-0.2, -0.15) is 0 Å². The summed E-state index contributed by atoms with van der Waals surface area (Å²) in [5.41, 5.74) is 7.15. The summed E-state index contributed by atoms with van der Waals surface area (Å²) in [5, 5.41) is 1.41. The van der Waals surface area contributed by atoms with Gasteiger partial charge in [-0.3, -0.25) is 0 Å². The zero-order chi connectivity index (χ0) is 11.3. The smallest absolute Gasteiger partial charge is 0.0486 e. The predicted molar refractivity (Wildman–Crippen MR) is 69.6 cm³/mol. The van der Waals surface area contributed by atoms with Crippen LogP contribution in [-0.4, -0.2) is 4.57 Å². The Morgan fingerprint density at radius 2 is 1.94 bits per heavy atom. The van der Waals surface area contributed by atoms with Crippen LogP contribution in [0.25, 0.3) is 17.0 Å². The molecule has 1 aliphatic carbocycles. The van der Waals surface area contributed by atoms with Crippen LogP contribution >= 0.6 is 0 Å². The van der Waals surface area contributed by atoms with Crippen molar-refractivity contribution < 1.29 is 0 Å². The first-order valence-corrected chi connectivity index (χ1v) is 5.92. The maximum atomic E-state index is 2.36. The fraction of sp³-hybridized carbons (Fsp3) is 0.333. The summed E-state index contributed by atoms with van der Waals surface area (Å²) in [6.07, 6.45) is 4.75. The predicted octanol–water partition coefficient (Wildman–Crippen LogP) is 3.84. The molecule has 0 N–H and O–H groups in total. The van der Waals surface area contributed by atoms with Gasteiger partial charge in [0.1, 0.15) is 0 Å². The van der Waals surface area contributed by atoms with Crippen LogP contribution in [0.5, 0.6) is 0 Å². The SMILES string of the molecule is CC1=Cc2c(n(C)c3ccc(C)cc23)CC1. The highest BCUT2D eigenvalue weighted by atomic mass is 14.9. The Kier molecular flexibility index (Phi) is 1.97. The van der Waals surface area contributed by atoms with E-state index in [0.717, 1.165) is 0 Å². The first-order valence-electron chi connectivity index (χ1n) is 5.92. The highest BCUT2D eigenvalue weighted by molar-refractivity contribution is 5.92. The number of aryl methyl sites for hydroxylation is 2. The van der Waals surface area contributed by atoms with Crippen molar-refractivity contribution in [2.24, 2.45) is 7.05 Å². The molecule has 82 valence electrons. The molecule has 0 amide bonds. The number of aromatic nitrogens is 1. The summed E-state index contributed by atoms with van der Waals surface area (Å²) in [6.45, 7) is 4.40. The van der Waals surface area contributed by atoms with Crippen molar-refractivity contribution in [3.05, 3.63) is 40.6 Å². The second-order valence-electron chi connectivity index (χ2n) is 4.93. The summed E-state index contributed by atoms with van der Waals surface area (Å²) in [7, 11) is 2.19. The largest absolute Gasteiger partial charge is 0.347 e. The van der Waals surface area contributed by atoms with E-state index < -0.39 is 0 Å². The third-order valence-corrected chi connectivity index (χ3v) is 3.67. The van der Waals surface area contributed by atoms with E-state index in [0.29, 0.717) is 0 Å². The Bertz CT molecular complexity index is 599. The monoisotopic (exact) mass is 211 g/mol. The second kappa shape index (κ2) is 3.24. The maximum absolute atomic E-state index is 2.36. The van der Waals surface area contributed by atoms with Crippen molar-refractivity contribution in [1.82, 2.24) is 4.57 Å². The van der Waals surface area contributed by atoms with Crippen molar-refractivity contribution in [3.8, 4) is 0 Å². The van der Waals surface area contributed by atoms with Crippen LogP contribution in [0, 0.1) is 6.92 Å². The van der Waals surface area contributed by atoms with E-state index in [4.69, 9.17) is 0 Å². The minimum Gasteiger partial charge on any atom is -0.347 e. The van der Waals surface area contributed by atoms with Gasteiger partial charge in [-0.1, -0.05) is 23.3 Å². The van der Waals surface area contributed by atoms with Gasteiger partial charge in [0.2, 0.25) is 0 Å². The van der Waals surface area contributed by atoms with Crippen LogP contribution in [0.15, 0.2) is 23.8 Å². The van der Waals surface area contributed by atoms with Gasteiger partial charge < -0.3 is 4.57 Å². The Hall–Kier alpha value is -1.50. The van der Waals surface area contributed by atoms with Crippen LogP contribution in [0.2, 0.25) is 0 Å². The van der Waals surface area contributed by atoms with Crippen molar-refractivity contribution >= 4 is 17.0 Å². The number of hydrogen-bond acceptors (Lipinski definition) is 0. The molecule has 1 heteroatoms. The lowest BCUT2D eigenvalue weighted by Crippen LogP contribution is -2.01. The van der Waals surface area contributed by atoms with Gasteiger partial charge in [0, 0.05) is 29.2 Å². The molecule has 0 spiro atoms. The molecule has 1 aliphatic rings. The van der Waals surface area contributed by atoms with Crippen molar-refractivity contribution in [3.63, 3.8) is 0 Å². The van der Waals surface area contributed by atoms with Crippen molar-refractivity contribution in [2.45, 2.75) is 26.7 Å². The molecule has 0 aliphatic heterocycles. The van der Waals surface area contributed by atoms with E-state index in [1.807, 2.05) is 0 Å². The van der Waals surface area contributed by atoms with Crippen LogP contribution in [-0.2, 0) is 13.5 Å². The lowest BCUT2D eigenvalue weighted by atomic mass is 9.96. The molecule has 1 heterocycles. The molecule has 1 aromatic carbocycles. The molecule has 16 heavy (non-hydrogen) atoms. The number of fused-ring (bicyclic) bond motifs is 3. The van der Waals surface area contributed by atoms with Gasteiger partial charge in [0.15, 0.2) is 0 Å². The molecular formula is C15H17N. The summed E-state index contributed by atoms with van der Waals surface area (Å²) < 4.78 is 2.35. The lowest BCUT2D eigenvalue weighted by Gasteiger charge is -2.11. The first-order chi connectivity index (χ1) is 7.66. The summed E-state index contributed by atoms with van der Waals surface area (Å²) in [4.78, 5) is 0. The average Bonchev–Trinajstić information content (AvgIpc) is 2.52. The molecule has 0 unspecified atom stereocenters. The van der Waals surface area contributed by atoms with Gasteiger partial charge >= 0.3 is 0 Å². The van der Waals surface area contributed by atoms with Gasteiger partial charge in [-0.15, -0.1) is 0 Å². The highest BCUT2D eigenvalue weighted by Gasteiger charge is 2.16. The van der Waals surface area contributed by atoms with E-state index in [2.05, 4.69) is 49.7 Å². The van der Waals surface area contributed by atoms with Crippen molar-refractivity contribution in [2.75, 3.05) is 0 Å². The molecular weight excluding hydrogens is 194 g/mol. The number of nitrogens with zero attached hydrogens (tertiary/aromatic N) is 1. The molecule has 0 saturated heterocycles. The standard InChI is InChI=1S/C15H17N/c1-10-4-6-14-12(8-10)13-9-11(2)5-7-15(13)16(14)3/h4,6,8-9H,5,7H2,1-3H3. The molecule has 0 fully saturated rings. The topological polar surface area (TPSA) is 4.93 Å². The minimum atomic E-state index is 1.18. The fourth-order valence-corrected chi connectivity index (χ4v) is 2.74. The van der Waals surface area contributed by atoms with Gasteiger partial charge in [0.25, 0.3) is 0 Å². The Balaban J connectivity index is 2.43. The van der Waals surface area contributed by atoms with E-state index in [-0.39, 0.29) is 0 Å². The number of allylic oxidation sites excluding steroid dienone is 1. The Morgan fingerprint density at radius 3 is 2.75 bits per heavy atom. The third kappa shape index (κ3) is 1.24. The molecule has 3 rings (SSSR count). The van der Waals surface area contributed by atoms with Gasteiger partial charge in [0.05, 0.1) is 0 Å². The van der Waals surface area contributed by atoms with E-state index in [1.165, 1.54) is 46.1 Å². The van der Waals surface area contributed by atoms with E-state index in [1.54, 1.807) is 0 Å². The fourth-order valence-electron chi connectivity index (χ4n) is 2.74. The van der Waals surface area contributed by atoms with E-state index in [9.17, 15) is 0 Å². The van der Waals surface area contributed by atoms with Gasteiger partial charge in [-0.05, 0) is 38.8 Å². The number of benzene rings is 1. The molecule has 1 aromatic heterocycles. The minimum absolute atomic E-state index is 1.18. The second-order valence-corrected chi connectivity index (χ2v) is 4.93. The van der Waals surface area contributed by atoms with Crippen LogP contribution in [0.1, 0.15) is 30.2 Å². The zero-order valence-corrected chi connectivity index (χ0v) is 10.2. The Morgan fingerprint density at radius 1 is 1.12 bits per heavy atom. The summed E-state index contributed by atoms with van der Waals surface area (Å²) >= 11 is 0. The molecule has 0 bridgehead atoms.